The Kier molecular flexibility index (Phi) is 3.24. The van der Waals surface area contributed by atoms with Crippen molar-refractivity contribution >= 4 is 23.2 Å². The van der Waals surface area contributed by atoms with Crippen molar-refractivity contribution in [1.82, 2.24) is 0 Å². The molecule has 0 aromatic heterocycles. The van der Waals surface area contributed by atoms with Gasteiger partial charge in [-0.25, -0.2) is 0 Å². The van der Waals surface area contributed by atoms with Crippen LogP contribution in [0, 0.1) is 6.92 Å². The molecule has 66 valence electrons. The van der Waals surface area contributed by atoms with Crippen molar-refractivity contribution in [3.63, 3.8) is 0 Å². The Hall–Kier alpha value is -0.400. The van der Waals surface area contributed by atoms with Crippen molar-refractivity contribution in [2.75, 3.05) is 7.11 Å². The quantitative estimate of drug-likeness (QED) is 0.672. The highest BCUT2D eigenvalue weighted by Crippen LogP contribution is 2.27. The van der Waals surface area contributed by atoms with Crippen LogP contribution in [-0.2, 0) is 5.88 Å². The topological polar surface area (TPSA) is 9.23 Å². The minimum Gasteiger partial charge on any atom is -0.496 e. The summed E-state index contributed by atoms with van der Waals surface area (Å²) < 4.78 is 5.10. The third-order valence-electron chi connectivity index (χ3n) is 1.71. The van der Waals surface area contributed by atoms with Gasteiger partial charge in [0, 0.05) is 10.9 Å². The standard InChI is InChI=1S/C9H10Cl2O/c1-6-3-7(5-10)8(11)4-9(6)12-2/h3-4H,5H2,1-2H3. The van der Waals surface area contributed by atoms with E-state index in [-0.39, 0.29) is 0 Å². The van der Waals surface area contributed by atoms with Gasteiger partial charge in [-0.2, -0.15) is 0 Å². The minimum absolute atomic E-state index is 0.434. The molecule has 0 amide bonds. The molecule has 0 N–H and O–H groups in total. The van der Waals surface area contributed by atoms with E-state index in [4.69, 9.17) is 27.9 Å². The highest BCUT2D eigenvalue weighted by molar-refractivity contribution is 6.32. The van der Waals surface area contributed by atoms with E-state index >= 15 is 0 Å². The zero-order valence-electron chi connectivity index (χ0n) is 7.03. The van der Waals surface area contributed by atoms with Gasteiger partial charge in [0.15, 0.2) is 0 Å². The molecule has 0 heterocycles. The van der Waals surface area contributed by atoms with Gasteiger partial charge in [-0.3, -0.25) is 0 Å². The van der Waals surface area contributed by atoms with Gasteiger partial charge in [0.05, 0.1) is 7.11 Å². The van der Waals surface area contributed by atoms with Crippen LogP contribution in [-0.4, -0.2) is 7.11 Å². The lowest BCUT2D eigenvalue weighted by atomic mass is 10.1. The molecule has 1 nitrogen and oxygen atoms in total. The number of rotatable bonds is 2. The van der Waals surface area contributed by atoms with E-state index in [1.54, 1.807) is 13.2 Å². The molecule has 1 rings (SSSR count). The molecule has 0 atom stereocenters. The molecular weight excluding hydrogens is 195 g/mol. The maximum Gasteiger partial charge on any atom is 0.123 e. The second kappa shape index (κ2) is 4.01. The molecular formula is C9H10Cl2O. The van der Waals surface area contributed by atoms with Gasteiger partial charge in [-0.15, -0.1) is 11.6 Å². The molecule has 1 aromatic rings. The summed E-state index contributed by atoms with van der Waals surface area (Å²) in [5, 5.41) is 0.660. The number of methoxy groups -OCH3 is 1. The summed E-state index contributed by atoms with van der Waals surface area (Å²) in [5.74, 6) is 1.23. The van der Waals surface area contributed by atoms with Crippen molar-refractivity contribution in [3.05, 3.63) is 28.3 Å². The molecule has 1 aromatic carbocycles. The van der Waals surface area contributed by atoms with Gasteiger partial charge >= 0.3 is 0 Å². The van der Waals surface area contributed by atoms with E-state index in [9.17, 15) is 0 Å². The number of halogens is 2. The number of aryl methyl sites for hydroxylation is 1. The van der Waals surface area contributed by atoms with E-state index in [1.165, 1.54) is 0 Å². The Balaban J connectivity index is 3.16. The molecule has 0 aliphatic carbocycles. The van der Waals surface area contributed by atoms with Gasteiger partial charge in [0.2, 0.25) is 0 Å². The van der Waals surface area contributed by atoms with Gasteiger partial charge < -0.3 is 4.74 Å². The lowest BCUT2D eigenvalue weighted by Gasteiger charge is -2.07. The first-order chi connectivity index (χ1) is 5.69. The third kappa shape index (κ3) is 1.85. The number of hydrogen-bond acceptors (Lipinski definition) is 1. The fourth-order valence-electron chi connectivity index (χ4n) is 1.05. The maximum absolute atomic E-state index is 5.92. The Labute approximate surface area is 82.2 Å². The zero-order valence-corrected chi connectivity index (χ0v) is 8.54. The van der Waals surface area contributed by atoms with Gasteiger partial charge in [-0.1, -0.05) is 11.6 Å². The summed E-state index contributed by atoms with van der Waals surface area (Å²) in [6.07, 6.45) is 0. The summed E-state index contributed by atoms with van der Waals surface area (Å²) >= 11 is 11.6. The lowest BCUT2D eigenvalue weighted by Crippen LogP contribution is -1.89. The third-order valence-corrected chi connectivity index (χ3v) is 2.35. The Bertz CT molecular complexity index is 254. The van der Waals surface area contributed by atoms with Crippen LogP contribution in [0.2, 0.25) is 5.02 Å². The molecule has 0 fully saturated rings. The Morgan fingerprint density at radius 3 is 2.58 bits per heavy atom. The summed E-state index contributed by atoms with van der Waals surface area (Å²) in [6.45, 7) is 1.96. The lowest BCUT2D eigenvalue weighted by molar-refractivity contribution is 0.411. The van der Waals surface area contributed by atoms with Crippen molar-refractivity contribution in [2.24, 2.45) is 0 Å². The van der Waals surface area contributed by atoms with Gasteiger partial charge in [0.25, 0.3) is 0 Å². The van der Waals surface area contributed by atoms with Crippen molar-refractivity contribution in [2.45, 2.75) is 12.8 Å². The maximum atomic E-state index is 5.92. The summed E-state index contributed by atoms with van der Waals surface area (Å²) in [5.41, 5.74) is 1.99. The van der Waals surface area contributed by atoms with Gasteiger partial charge in [0.1, 0.15) is 5.75 Å². The molecule has 0 bridgehead atoms. The fourth-order valence-corrected chi connectivity index (χ4v) is 1.56. The molecule has 0 saturated heterocycles. The molecule has 0 saturated carbocycles. The molecule has 3 heteroatoms. The summed E-state index contributed by atoms with van der Waals surface area (Å²) in [7, 11) is 1.62. The van der Waals surface area contributed by atoms with Crippen molar-refractivity contribution < 1.29 is 4.74 Å². The monoisotopic (exact) mass is 204 g/mol. The van der Waals surface area contributed by atoms with Crippen LogP contribution in [0.1, 0.15) is 11.1 Å². The first-order valence-electron chi connectivity index (χ1n) is 3.58. The predicted octanol–water partition coefficient (Wildman–Crippen LogP) is 3.40. The van der Waals surface area contributed by atoms with Crippen molar-refractivity contribution in [3.8, 4) is 5.75 Å². The summed E-state index contributed by atoms with van der Waals surface area (Å²) in [6, 6.07) is 3.72. The van der Waals surface area contributed by atoms with E-state index in [1.807, 2.05) is 13.0 Å². The molecule has 0 aliphatic rings. The van der Waals surface area contributed by atoms with Crippen LogP contribution in [0.3, 0.4) is 0 Å². The molecule has 0 radical (unpaired) electrons. The van der Waals surface area contributed by atoms with Gasteiger partial charge in [-0.05, 0) is 30.2 Å². The second-order valence-corrected chi connectivity index (χ2v) is 3.22. The van der Waals surface area contributed by atoms with Crippen LogP contribution in [0.5, 0.6) is 5.75 Å². The molecule has 0 unspecified atom stereocenters. The van der Waals surface area contributed by atoms with E-state index < -0.39 is 0 Å². The average molecular weight is 205 g/mol. The molecule has 0 aliphatic heterocycles. The summed E-state index contributed by atoms with van der Waals surface area (Å²) in [4.78, 5) is 0. The average Bonchev–Trinajstić information content (AvgIpc) is 2.08. The van der Waals surface area contributed by atoms with Crippen LogP contribution < -0.4 is 4.74 Å². The molecule has 0 spiro atoms. The predicted molar refractivity (Wildman–Crippen MR) is 52.3 cm³/mol. The number of alkyl halides is 1. The first-order valence-corrected chi connectivity index (χ1v) is 4.49. The largest absolute Gasteiger partial charge is 0.496 e. The minimum atomic E-state index is 0.434. The number of ether oxygens (including phenoxy) is 1. The highest BCUT2D eigenvalue weighted by atomic mass is 35.5. The Morgan fingerprint density at radius 1 is 1.42 bits per heavy atom. The van der Waals surface area contributed by atoms with Crippen LogP contribution >= 0.6 is 23.2 Å². The molecule has 12 heavy (non-hydrogen) atoms. The fraction of sp³-hybridized carbons (Fsp3) is 0.333. The second-order valence-electron chi connectivity index (χ2n) is 2.55. The van der Waals surface area contributed by atoms with Crippen molar-refractivity contribution in [1.29, 1.82) is 0 Å². The van der Waals surface area contributed by atoms with Crippen LogP contribution in [0.4, 0.5) is 0 Å². The normalized spacial score (nSPS) is 10.0. The smallest absolute Gasteiger partial charge is 0.123 e. The van der Waals surface area contributed by atoms with E-state index in [0.717, 1.165) is 16.9 Å². The number of hydrogen-bond donors (Lipinski definition) is 0. The zero-order chi connectivity index (χ0) is 9.14. The number of benzene rings is 1. The highest BCUT2D eigenvalue weighted by Gasteiger charge is 2.04. The SMILES string of the molecule is COc1cc(Cl)c(CCl)cc1C. The van der Waals surface area contributed by atoms with E-state index in [0.29, 0.717) is 10.9 Å². The Morgan fingerprint density at radius 2 is 2.08 bits per heavy atom. The van der Waals surface area contributed by atoms with Crippen LogP contribution in [0.15, 0.2) is 12.1 Å². The first kappa shape index (κ1) is 9.69. The van der Waals surface area contributed by atoms with Crippen LogP contribution in [0.25, 0.3) is 0 Å². The van der Waals surface area contributed by atoms with E-state index in [2.05, 4.69) is 0 Å².